The molecule has 12 heteroatoms. The van der Waals surface area contributed by atoms with Crippen LogP contribution < -0.4 is 15.6 Å². The number of fused-ring (bicyclic) bond motifs is 2. The predicted octanol–water partition coefficient (Wildman–Crippen LogP) is 3.21. The van der Waals surface area contributed by atoms with Crippen LogP contribution in [0, 0.1) is 17.0 Å². The first-order valence-electron chi connectivity index (χ1n) is 10.6. The fraction of sp³-hybridized carbons (Fsp3) is 0.364. The lowest BCUT2D eigenvalue weighted by molar-refractivity contribution is -0.384. The van der Waals surface area contributed by atoms with E-state index in [-0.39, 0.29) is 27.6 Å². The molecule has 3 heterocycles. The molecule has 1 aromatic carbocycles. The third-order valence-corrected chi connectivity index (χ3v) is 6.77. The minimum atomic E-state index is -0.764. The Morgan fingerprint density at radius 2 is 2.09 bits per heavy atom. The fourth-order valence-electron chi connectivity index (χ4n) is 3.88. The number of hydrogen-bond acceptors (Lipinski definition) is 9. The van der Waals surface area contributed by atoms with Crippen molar-refractivity contribution < 1.29 is 24.0 Å². The van der Waals surface area contributed by atoms with Crippen molar-refractivity contribution in [3.63, 3.8) is 0 Å². The lowest BCUT2D eigenvalue weighted by Gasteiger charge is -2.08. The number of aryl methyl sites for hydroxylation is 2. The second-order valence-electron chi connectivity index (χ2n) is 7.80. The molecular formula is C22H22N4O7S. The van der Waals surface area contributed by atoms with Crippen molar-refractivity contribution in [1.29, 1.82) is 0 Å². The molecule has 0 spiro atoms. The van der Waals surface area contributed by atoms with Gasteiger partial charge in [0.25, 0.3) is 17.2 Å². The number of ether oxygens (including phenoxy) is 2. The number of anilines is 1. The van der Waals surface area contributed by atoms with Crippen molar-refractivity contribution in [2.75, 3.05) is 19.0 Å². The second-order valence-corrected chi connectivity index (χ2v) is 8.80. The van der Waals surface area contributed by atoms with E-state index in [2.05, 4.69) is 10.3 Å². The number of thiophene rings is 1. The molecule has 0 saturated heterocycles. The molecule has 0 bridgehead atoms. The van der Waals surface area contributed by atoms with Gasteiger partial charge in [-0.1, -0.05) is 6.42 Å². The SMILES string of the molecule is COc1ccc(NC(=O)COC(=O)c2sc3nc4n(c(=O)c3c2C)CCCCC4)c([N+](=O)[O-])c1. The molecule has 1 aliphatic heterocycles. The van der Waals surface area contributed by atoms with Crippen LogP contribution in [0.2, 0.25) is 0 Å². The number of nitro benzene ring substituents is 1. The van der Waals surface area contributed by atoms with E-state index in [0.29, 0.717) is 28.7 Å². The van der Waals surface area contributed by atoms with Gasteiger partial charge < -0.3 is 14.8 Å². The van der Waals surface area contributed by atoms with Gasteiger partial charge in [0.15, 0.2) is 6.61 Å². The maximum atomic E-state index is 13.0. The Bertz CT molecular complexity index is 1360. The smallest absolute Gasteiger partial charge is 0.349 e. The van der Waals surface area contributed by atoms with Gasteiger partial charge in [-0.3, -0.25) is 24.3 Å². The van der Waals surface area contributed by atoms with Crippen LogP contribution in [0.4, 0.5) is 11.4 Å². The van der Waals surface area contributed by atoms with E-state index in [1.165, 1.54) is 25.3 Å². The molecule has 4 rings (SSSR count). The van der Waals surface area contributed by atoms with E-state index in [0.717, 1.165) is 36.4 Å². The number of carbonyl (C=O) groups is 2. The minimum absolute atomic E-state index is 0.0522. The number of nitro groups is 1. The Morgan fingerprint density at radius 1 is 1.29 bits per heavy atom. The summed E-state index contributed by atoms with van der Waals surface area (Å²) in [5.41, 5.74) is -0.109. The molecule has 0 aliphatic carbocycles. The van der Waals surface area contributed by atoms with Crippen LogP contribution in [-0.2, 0) is 22.5 Å². The Hall–Kier alpha value is -3.80. The molecule has 1 amide bonds. The standard InChI is InChI=1S/C22H22N4O7S/c1-12-18-20(24-16-6-4-3-5-9-25(16)21(18)28)34-19(12)22(29)33-11-17(27)23-14-8-7-13(32-2)10-15(14)26(30)31/h7-8,10H,3-6,9,11H2,1-2H3,(H,23,27). The summed E-state index contributed by atoms with van der Waals surface area (Å²) >= 11 is 1.06. The average molecular weight is 487 g/mol. The summed E-state index contributed by atoms with van der Waals surface area (Å²) in [5.74, 6) is -0.528. The van der Waals surface area contributed by atoms with Gasteiger partial charge in [-0.25, -0.2) is 9.78 Å². The Morgan fingerprint density at radius 3 is 2.82 bits per heavy atom. The fourth-order valence-corrected chi connectivity index (χ4v) is 4.97. The van der Waals surface area contributed by atoms with Crippen molar-refractivity contribution in [3.05, 3.63) is 54.9 Å². The van der Waals surface area contributed by atoms with Gasteiger partial charge >= 0.3 is 5.97 Å². The Balaban J connectivity index is 1.50. The van der Waals surface area contributed by atoms with E-state index < -0.39 is 23.4 Å². The highest BCUT2D eigenvalue weighted by atomic mass is 32.1. The van der Waals surface area contributed by atoms with E-state index in [1.807, 2.05) is 0 Å². The number of benzene rings is 1. The first-order valence-corrected chi connectivity index (χ1v) is 11.4. The van der Waals surface area contributed by atoms with Crippen molar-refractivity contribution in [1.82, 2.24) is 9.55 Å². The molecule has 11 nitrogen and oxygen atoms in total. The van der Waals surface area contributed by atoms with Gasteiger partial charge in [0.05, 0.1) is 23.5 Å². The zero-order valence-electron chi connectivity index (χ0n) is 18.6. The predicted molar refractivity (Wildman–Crippen MR) is 125 cm³/mol. The van der Waals surface area contributed by atoms with Crippen LogP contribution >= 0.6 is 11.3 Å². The highest BCUT2D eigenvalue weighted by Gasteiger charge is 2.24. The molecule has 3 aromatic rings. The zero-order valence-corrected chi connectivity index (χ0v) is 19.4. The molecule has 2 aromatic heterocycles. The number of amides is 1. The number of nitrogens with one attached hydrogen (secondary N) is 1. The third kappa shape index (κ3) is 4.49. The molecule has 0 unspecified atom stereocenters. The molecule has 0 saturated carbocycles. The van der Waals surface area contributed by atoms with Gasteiger partial charge in [0.1, 0.15) is 27.0 Å². The summed E-state index contributed by atoms with van der Waals surface area (Å²) in [7, 11) is 1.37. The summed E-state index contributed by atoms with van der Waals surface area (Å²) in [6.45, 7) is 1.60. The molecule has 0 atom stereocenters. The lowest BCUT2D eigenvalue weighted by Crippen LogP contribution is -2.24. The number of methoxy groups -OCH3 is 1. The van der Waals surface area contributed by atoms with Gasteiger partial charge in [-0.05, 0) is 37.5 Å². The first-order chi connectivity index (χ1) is 16.3. The molecule has 178 valence electrons. The first kappa shape index (κ1) is 23.4. The molecular weight excluding hydrogens is 464 g/mol. The Kier molecular flexibility index (Phi) is 6.59. The van der Waals surface area contributed by atoms with E-state index in [9.17, 15) is 24.5 Å². The van der Waals surface area contributed by atoms with Crippen LogP contribution in [0.15, 0.2) is 23.0 Å². The maximum Gasteiger partial charge on any atom is 0.349 e. The number of esters is 1. The number of nitrogens with zero attached hydrogens (tertiary/aromatic N) is 3. The van der Waals surface area contributed by atoms with Crippen LogP contribution in [0.1, 0.15) is 40.3 Å². The summed E-state index contributed by atoms with van der Waals surface area (Å²) in [5, 5.41) is 14.0. The third-order valence-electron chi connectivity index (χ3n) is 5.61. The van der Waals surface area contributed by atoms with Crippen molar-refractivity contribution in [2.45, 2.75) is 39.2 Å². The van der Waals surface area contributed by atoms with E-state index in [1.54, 1.807) is 11.5 Å². The topological polar surface area (TPSA) is 143 Å². The number of hydrogen-bond donors (Lipinski definition) is 1. The number of carbonyl (C=O) groups excluding carboxylic acids is 2. The van der Waals surface area contributed by atoms with Gasteiger partial charge in [-0.15, -0.1) is 11.3 Å². The highest BCUT2D eigenvalue weighted by molar-refractivity contribution is 7.20. The number of rotatable bonds is 6. The van der Waals surface area contributed by atoms with Crippen LogP contribution in [0.3, 0.4) is 0 Å². The molecule has 0 fully saturated rings. The molecule has 1 N–H and O–H groups in total. The maximum absolute atomic E-state index is 13.0. The van der Waals surface area contributed by atoms with Crippen molar-refractivity contribution in [2.24, 2.45) is 0 Å². The van der Waals surface area contributed by atoms with E-state index in [4.69, 9.17) is 9.47 Å². The normalized spacial score (nSPS) is 13.1. The monoisotopic (exact) mass is 486 g/mol. The van der Waals surface area contributed by atoms with Crippen LogP contribution in [0.25, 0.3) is 10.2 Å². The van der Waals surface area contributed by atoms with E-state index >= 15 is 0 Å². The molecule has 0 radical (unpaired) electrons. The summed E-state index contributed by atoms with van der Waals surface area (Å²) in [6, 6.07) is 3.97. The van der Waals surface area contributed by atoms with Gasteiger partial charge in [0.2, 0.25) is 0 Å². The summed E-state index contributed by atoms with van der Waals surface area (Å²) in [6.07, 6.45) is 3.60. The molecule has 1 aliphatic rings. The van der Waals surface area contributed by atoms with Crippen molar-refractivity contribution in [3.8, 4) is 5.75 Å². The quantitative estimate of drug-likeness (QED) is 0.318. The summed E-state index contributed by atoms with van der Waals surface area (Å²) < 4.78 is 11.8. The zero-order chi connectivity index (χ0) is 24.4. The highest BCUT2D eigenvalue weighted by Crippen LogP contribution is 2.30. The summed E-state index contributed by atoms with van der Waals surface area (Å²) in [4.78, 5) is 53.9. The number of aromatic nitrogens is 2. The second kappa shape index (κ2) is 9.59. The minimum Gasteiger partial charge on any atom is -0.496 e. The van der Waals surface area contributed by atoms with Gasteiger partial charge in [-0.2, -0.15) is 0 Å². The molecule has 34 heavy (non-hydrogen) atoms. The van der Waals surface area contributed by atoms with Gasteiger partial charge in [0, 0.05) is 13.0 Å². The van der Waals surface area contributed by atoms with Crippen LogP contribution in [0.5, 0.6) is 5.75 Å². The van der Waals surface area contributed by atoms with Crippen molar-refractivity contribution >= 4 is 44.8 Å². The Labute approximate surface area is 197 Å². The average Bonchev–Trinajstić information content (AvgIpc) is 2.98. The van der Waals surface area contributed by atoms with Crippen LogP contribution in [-0.4, -0.2) is 40.1 Å². The lowest BCUT2D eigenvalue weighted by atomic mass is 10.2. The largest absolute Gasteiger partial charge is 0.496 e.